The monoisotopic (exact) mass is 240 g/mol. The van der Waals surface area contributed by atoms with E-state index in [4.69, 9.17) is 22.0 Å². The minimum atomic E-state index is -1.15. The molecule has 0 aromatic heterocycles. The number of carboxylic acid groups (broad SMARTS) is 1. The van der Waals surface area contributed by atoms with Gasteiger partial charge in [-0.3, -0.25) is 14.9 Å². The van der Waals surface area contributed by atoms with Crippen molar-refractivity contribution in [3.05, 3.63) is 38.4 Å². The van der Waals surface area contributed by atoms with Gasteiger partial charge in [0.25, 0.3) is 5.69 Å². The first kappa shape index (κ1) is 11.9. The van der Waals surface area contributed by atoms with E-state index in [9.17, 15) is 14.9 Å². The molecule has 0 aliphatic carbocycles. The van der Waals surface area contributed by atoms with Crippen molar-refractivity contribution in [1.29, 1.82) is 5.26 Å². The van der Waals surface area contributed by atoms with Gasteiger partial charge < -0.3 is 5.11 Å². The molecule has 1 rings (SSSR count). The Balaban J connectivity index is 3.34. The van der Waals surface area contributed by atoms with Gasteiger partial charge in [0.1, 0.15) is 11.6 Å². The number of nitriles is 1. The first-order chi connectivity index (χ1) is 7.45. The van der Waals surface area contributed by atoms with Crippen LogP contribution in [-0.4, -0.2) is 16.0 Å². The summed E-state index contributed by atoms with van der Waals surface area (Å²) in [5.41, 5.74) is -0.521. The smallest absolute Gasteiger partial charge is 0.307 e. The SMILES string of the molecule is N#Cc1cc(Cl)c(CC(=O)O)cc1[N+](=O)[O-]. The van der Waals surface area contributed by atoms with Crippen LogP contribution in [-0.2, 0) is 11.2 Å². The van der Waals surface area contributed by atoms with E-state index in [1.165, 1.54) is 0 Å². The average molecular weight is 241 g/mol. The van der Waals surface area contributed by atoms with Gasteiger partial charge in [-0.1, -0.05) is 11.6 Å². The Bertz CT molecular complexity index is 507. The van der Waals surface area contributed by atoms with E-state index in [0.29, 0.717) is 0 Å². The highest BCUT2D eigenvalue weighted by Crippen LogP contribution is 2.26. The summed E-state index contributed by atoms with van der Waals surface area (Å²) in [6.07, 6.45) is -0.425. The fourth-order valence-corrected chi connectivity index (χ4v) is 1.37. The number of halogens is 1. The Hall–Kier alpha value is -2.13. The first-order valence-electron chi connectivity index (χ1n) is 4.04. The summed E-state index contributed by atoms with van der Waals surface area (Å²) in [6.45, 7) is 0. The summed E-state index contributed by atoms with van der Waals surface area (Å²) in [4.78, 5) is 20.3. The van der Waals surface area contributed by atoms with Crippen molar-refractivity contribution in [3.8, 4) is 6.07 Å². The van der Waals surface area contributed by atoms with Crippen molar-refractivity contribution in [3.63, 3.8) is 0 Å². The molecule has 0 aliphatic heterocycles. The van der Waals surface area contributed by atoms with Crippen molar-refractivity contribution in [2.75, 3.05) is 0 Å². The van der Waals surface area contributed by atoms with E-state index in [2.05, 4.69) is 0 Å². The zero-order valence-electron chi connectivity index (χ0n) is 7.81. The summed E-state index contributed by atoms with van der Waals surface area (Å²) < 4.78 is 0. The fourth-order valence-electron chi connectivity index (χ4n) is 1.14. The third-order valence-corrected chi connectivity index (χ3v) is 2.18. The molecular weight excluding hydrogens is 236 g/mol. The van der Waals surface area contributed by atoms with Crippen LogP contribution >= 0.6 is 11.6 Å². The number of hydrogen-bond acceptors (Lipinski definition) is 4. The molecule has 0 radical (unpaired) electrons. The second kappa shape index (κ2) is 4.59. The first-order valence-corrected chi connectivity index (χ1v) is 4.42. The molecule has 0 saturated heterocycles. The lowest BCUT2D eigenvalue weighted by Crippen LogP contribution is -2.02. The van der Waals surface area contributed by atoms with E-state index in [1.54, 1.807) is 6.07 Å². The molecule has 6 nitrogen and oxygen atoms in total. The number of carboxylic acids is 1. The van der Waals surface area contributed by atoms with Gasteiger partial charge in [-0.15, -0.1) is 0 Å². The van der Waals surface area contributed by atoms with Gasteiger partial charge in [0, 0.05) is 11.1 Å². The van der Waals surface area contributed by atoms with E-state index in [-0.39, 0.29) is 16.1 Å². The molecule has 0 atom stereocenters. The van der Waals surface area contributed by atoms with E-state index in [1.807, 2.05) is 0 Å². The van der Waals surface area contributed by atoms with Crippen molar-refractivity contribution in [2.24, 2.45) is 0 Å². The zero-order valence-corrected chi connectivity index (χ0v) is 8.56. The number of benzene rings is 1. The van der Waals surface area contributed by atoms with Crippen molar-refractivity contribution in [2.45, 2.75) is 6.42 Å². The van der Waals surface area contributed by atoms with E-state index < -0.39 is 23.0 Å². The van der Waals surface area contributed by atoms with Crippen LogP contribution in [0.1, 0.15) is 11.1 Å². The van der Waals surface area contributed by atoms with E-state index in [0.717, 1.165) is 12.1 Å². The summed E-state index contributed by atoms with van der Waals surface area (Å²) in [5.74, 6) is -1.15. The fraction of sp³-hybridized carbons (Fsp3) is 0.111. The van der Waals surface area contributed by atoms with Crippen molar-refractivity contribution in [1.82, 2.24) is 0 Å². The highest BCUT2D eigenvalue weighted by molar-refractivity contribution is 6.31. The Morgan fingerprint density at radius 2 is 2.25 bits per heavy atom. The predicted octanol–water partition coefficient (Wildman–Crippen LogP) is 1.75. The quantitative estimate of drug-likeness (QED) is 0.640. The van der Waals surface area contributed by atoms with Gasteiger partial charge in [-0.25, -0.2) is 0 Å². The molecule has 0 bridgehead atoms. The minimum absolute atomic E-state index is 0.0320. The second-order valence-corrected chi connectivity index (χ2v) is 3.31. The van der Waals surface area contributed by atoms with Crippen LogP contribution in [0.4, 0.5) is 5.69 Å². The zero-order chi connectivity index (χ0) is 12.3. The second-order valence-electron chi connectivity index (χ2n) is 2.90. The molecule has 0 spiro atoms. The summed E-state index contributed by atoms with van der Waals surface area (Å²) in [7, 11) is 0. The van der Waals surface area contributed by atoms with Crippen LogP contribution in [0.25, 0.3) is 0 Å². The minimum Gasteiger partial charge on any atom is -0.481 e. The molecule has 82 valence electrons. The third kappa shape index (κ3) is 2.46. The number of nitro groups is 1. The average Bonchev–Trinajstić information content (AvgIpc) is 2.19. The number of rotatable bonds is 3. The van der Waals surface area contributed by atoms with Crippen molar-refractivity contribution >= 4 is 23.3 Å². The highest BCUT2D eigenvalue weighted by Gasteiger charge is 2.18. The van der Waals surface area contributed by atoms with Gasteiger partial charge in [-0.2, -0.15) is 5.26 Å². The van der Waals surface area contributed by atoms with Crippen LogP contribution in [0, 0.1) is 21.4 Å². The van der Waals surface area contributed by atoms with E-state index >= 15 is 0 Å². The molecule has 7 heteroatoms. The number of hydrogen-bond donors (Lipinski definition) is 1. The molecule has 0 heterocycles. The summed E-state index contributed by atoms with van der Waals surface area (Å²) >= 11 is 5.69. The lowest BCUT2D eigenvalue weighted by molar-refractivity contribution is -0.385. The van der Waals surface area contributed by atoms with Crippen LogP contribution < -0.4 is 0 Å². The Kier molecular flexibility index (Phi) is 3.43. The maximum Gasteiger partial charge on any atom is 0.307 e. The number of carbonyl (C=O) groups is 1. The maximum absolute atomic E-state index is 10.6. The summed E-state index contributed by atoms with van der Waals surface area (Å²) in [5, 5.41) is 27.8. The van der Waals surface area contributed by atoms with Crippen LogP contribution in [0.15, 0.2) is 12.1 Å². The molecule has 0 saturated carbocycles. The number of nitro benzene ring substituents is 1. The molecule has 1 aromatic carbocycles. The third-order valence-electron chi connectivity index (χ3n) is 1.82. The molecule has 0 aliphatic rings. The number of aliphatic carboxylic acids is 1. The standard InChI is InChI=1S/C9H5ClN2O4/c10-7-1-6(4-11)8(12(15)16)2-5(7)3-9(13)14/h1-2H,3H2,(H,13,14). The van der Waals surface area contributed by atoms with Gasteiger partial charge in [0.2, 0.25) is 0 Å². The Labute approximate surface area is 94.8 Å². The molecule has 1 aromatic rings. The van der Waals surface area contributed by atoms with Crippen LogP contribution in [0.5, 0.6) is 0 Å². The highest BCUT2D eigenvalue weighted by atomic mass is 35.5. The lowest BCUT2D eigenvalue weighted by Gasteiger charge is -2.02. The molecule has 0 amide bonds. The van der Waals surface area contributed by atoms with Crippen LogP contribution in [0.3, 0.4) is 0 Å². The lowest BCUT2D eigenvalue weighted by atomic mass is 10.1. The molecular formula is C9H5ClN2O4. The van der Waals surface area contributed by atoms with Gasteiger partial charge >= 0.3 is 5.97 Å². The topological polar surface area (TPSA) is 104 Å². The predicted molar refractivity (Wildman–Crippen MR) is 54.2 cm³/mol. The van der Waals surface area contributed by atoms with Crippen LogP contribution in [0.2, 0.25) is 5.02 Å². The van der Waals surface area contributed by atoms with Gasteiger partial charge in [0.05, 0.1) is 11.3 Å². The van der Waals surface area contributed by atoms with Gasteiger partial charge in [0.15, 0.2) is 0 Å². The molecule has 1 N–H and O–H groups in total. The Morgan fingerprint density at radius 1 is 1.62 bits per heavy atom. The van der Waals surface area contributed by atoms with Gasteiger partial charge in [-0.05, 0) is 11.6 Å². The Morgan fingerprint density at radius 3 is 2.69 bits per heavy atom. The molecule has 16 heavy (non-hydrogen) atoms. The molecule has 0 fully saturated rings. The summed E-state index contributed by atoms with van der Waals surface area (Å²) in [6, 6.07) is 3.73. The largest absolute Gasteiger partial charge is 0.481 e. The number of nitrogens with zero attached hydrogens (tertiary/aromatic N) is 2. The maximum atomic E-state index is 10.6. The molecule has 0 unspecified atom stereocenters. The normalized spacial score (nSPS) is 9.50. The van der Waals surface area contributed by atoms with Crippen molar-refractivity contribution < 1.29 is 14.8 Å².